The van der Waals surface area contributed by atoms with Crippen molar-refractivity contribution in [1.82, 2.24) is 9.80 Å². The molecular weight excluding hydrogens is 260 g/mol. The molecule has 2 unspecified atom stereocenters. The number of carbonyl (C=O) groups is 1. The van der Waals surface area contributed by atoms with E-state index >= 15 is 0 Å². The third-order valence-corrected chi connectivity index (χ3v) is 5.34. The normalized spacial score (nSPS) is 27.2. The van der Waals surface area contributed by atoms with Gasteiger partial charge < -0.3 is 9.80 Å². The van der Waals surface area contributed by atoms with Crippen molar-refractivity contribution in [2.24, 2.45) is 5.92 Å². The molecule has 0 spiro atoms. The number of hydrogen-bond acceptors (Lipinski definition) is 2. The Bertz CT molecular complexity index is 548. The van der Waals surface area contributed by atoms with Gasteiger partial charge in [0.05, 0.1) is 5.41 Å². The molecule has 3 nitrogen and oxygen atoms in total. The Kier molecular flexibility index (Phi) is 3.56. The Balaban J connectivity index is 1.82. The maximum absolute atomic E-state index is 13.1. The largest absolute Gasteiger partial charge is 0.340 e. The van der Waals surface area contributed by atoms with Crippen LogP contribution in [0.3, 0.4) is 0 Å². The summed E-state index contributed by atoms with van der Waals surface area (Å²) in [5.74, 6) is 0.907. The number of likely N-dealkylation sites (N-methyl/N-ethyl adjacent to an activating group) is 1. The molecule has 1 aromatic carbocycles. The highest BCUT2D eigenvalue weighted by atomic mass is 16.2. The summed E-state index contributed by atoms with van der Waals surface area (Å²) in [7, 11) is 4.23. The van der Waals surface area contributed by atoms with Crippen molar-refractivity contribution in [2.75, 3.05) is 27.2 Å². The predicted molar refractivity (Wildman–Crippen MR) is 85.3 cm³/mol. The lowest BCUT2D eigenvalue weighted by Gasteiger charge is -2.26. The quantitative estimate of drug-likeness (QED) is 0.852. The second kappa shape index (κ2) is 5.13. The highest BCUT2D eigenvalue weighted by Crippen LogP contribution is 2.51. The van der Waals surface area contributed by atoms with Gasteiger partial charge in [0.15, 0.2) is 0 Å². The van der Waals surface area contributed by atoms with Crippen LogP contribution in [0, 0.1) is 12.8 Å². The van der Waals surface area contributed by atoms with E-state index in [1.54, 1.807) is 0 Å². The van der Waals surface area contributed by atoms with Crippen molar-refractivity contribution in [3.8, 4) is 0 Å². The first-order valence-corrected chi connectivity index (χ1v) is 7.97. The van der Waals surface area contributed by atoms with Gasteiger partial charge in [-0.15, -0.1) is 0 Å². The first kappa shape index (κ1) is 14.6. The van der Waals surface area contributed by atoms with Gasteiger partial charge in [-0.2, -0.15) is 0 Å². The van der Waals surface area contributed by atoms with Gasteiger partial charge in [-0.25, -0.2) is 0 Å². The molecule has 1 saturated carbocycles. The Hall–Kier alpha value is -1.35. The Labute approximate surface area is 127 Å². The summed E-state index contributed by atoms with van der Waals surface area (Å²) in [6.07, 6.45) is 2.02. The fourth-order valence-electron chi connectivity index (χ4n) is 3.92. The molecule has 0 N–H and O–H groups in total. The number of rotatable bonds is 3. The predicted octanol–water partition coefficient (Wildman–Crippen LogP) is 2.44. The SMILES string of the molecule is Cc1ccccc1C1(C(=O)N2CC(C)C(N(C)C)C2)CC1. The molecule has 2 atom stereocenters. The molecule has 2 fully saturated rings. The van der Waals surface area contributed by atoms with Crippen LogP contribution in [-0.2, 0) is 10.2 Å². The fraction of sp³-hybridized carbons (Fsp3) is 0.611. The minimum absolute atomic E-state index is 0.216. The Morgan fingerprint density at radius 3 is 2.43 bits per heavy atom. The van der Waals surface area contributed by atoms with E-state index in [1.807, 2.05) is 0 Å². The van der Waals surface area contributed by atoms with Crippen molar-refractivity contribution in [2.45, 2.75) is 38.1 Å². The molecule has 1 aliphatic carbocycles. The van der Waals surface area contributed by atoms with Gasteiger partial charge in [-0.1, -0.05) is 31.2 Å². The van der Waals surface area contributed by atoms with Gasteiger partial charge in [0.25, 0.3) is 0 Å². The van der Waals surface area contributed by atoms with Crippen LogP contribution in [0.1, 0.15) is 30.9 Å². The summed E-state index contributed by atoms with van der Waals surface area (Å²) in [6.45, 7) is 6.15. The van der Waals surface area contributed by atoms with Crippen molar-refractivity contribution >= 4 is 5.91 Å². The zero-order valence-electron chi connectivity index (χ0n) is 13.6. The summed E-state index contributed by atoms with van der Waals surface area (Å²) < 4.78 is 0. The molecule has 1 saturated heterocycles. The topological polar surface area (TPSA) is 23.6 Å². The third kappa shape index (κ3) is 2.38. The maximum atomic E-state index is 13.1. The van der Waals surface area contributed by atoms with Crippen LogP contribution < -0.4 is 0 Å². The van der Waals surface area contributed by atoms with E-state index in [2.05, 4.69) is 62.0 Å². The minimum Gasteiger partial charge on any atom is -0.340 e. The van der Waals surface area contributed by atoms with Crippen LogP contribution in [0.4, 0.5) is 0 Å². The molecule has 1 aliphatic heterocycles. The molecule has 3 rings (SSSR count). The fourth-order valence-corrected chi connectivity index (χ4v) is 3.92. The molecule has 1 amide bonds. The molecule has 21 heavy (non-hydrogen) atoms. The number of amides is 1. The molecular formula is C18H26N2O. The van der Waals surface area contributed by atoms with Crippen LogP contribution in [0.15, 0.2) is 24.3 Å². The van der Waals surface area contributed by atoms with E-state index in [-0.39, 0.29) is 5.41 Å². The van der Waals surface area contributed by atoms with E-state index in [1.165, 1.54) is 11.1 Å². The summed E-state index contributed by atoms with van der Waals surface area (Å²) in [4.78, 5) is 17.5. The van der Waals surface area contributed by atoms with Crippen LogP contribution in [0.5, 0.6) is 0 Å². The lowest BCUT2D eigenvalue weighted by molar-refractivity contribution is -0.133. The second-order valence-electron chi connectivity index (χ2n) is 7.12. The summed E-state index contributed by atoms with van der Waals surface area (Å²) in [5, 5.41) is 0. The first-order chi connectivity index (χ1) is 9.95. The van der Waals surface area contributed by atoms with E-state index in [0.29, 0.717) is 17.9 Å². The minimum atomic E-state index is -0.216. The standard InChI is InChI=1S/C18H26N2O/c1-13-7-5-6-8-15(13)18(9-10-18)17(21)20-11-14(2)16(12-20)19(3)4/h5-8,14,16H,9-12H2,1-4H3. The molecule has 1 aromatic rings. The number of hydrogen-bond donors (Lipinski definition) is 0. The molecule has 0 aromatic heterocycles. The van der Waals surface area contributed by atoms with Gasteiger partial charge in [0.2, 0.25) is 5.91 Å². The average molecular weight is 286 g/mol. The molecule has 0 bridgehead atoms. The molecule has 114 valence electrons. The van der Waals surface area contributed by atoms with E-state index in [9.17, 15) is 4.79 Å². The number of likely N-dealkylation sites (tertiary alicyclic amines) is 1. The average Bonchev–Trinajstić information content (AvgIpc) is 3.15. The second-order valence-corrected chi connectivity index (χ2v) is 7.12. The highest BCUT2D eigenvalue weighted by Gasteiger charge is 2.54. The zero-order valence-corrected chi connectivity index (χ0v) is 13.6. The Morgan fingerprint density at radius 2 is 1.90 bits per heavy atom. The van der Waals surface area contributed by atoms with Gasteiger partial charge in [-0.3, -0.25) is 4.79 Å². The van der Waals surface area contributed by atoms with Crippen LogP contribution in [0.25, 0.3) is 0 Å². The number of benzene rings is 1. The Morgan fingerprint density at radius 1 is 1.24 bits per heavy atom. The van der Waals surface area contributed by atoms with Crippen molar-refractivity contribution in [3.05, 3.63) is 35.4 Å². The summed E-state index contributed by atoms with van der Waals surface area (Å²) in [6, 6.07) is 8.87. The van der Waals surface area contributed by atoms with Crippen LogP contribution >= 0.6 is 0 Å². The van der Waals surface area contributed by atoms with Crippen LogP contribution in [0.2, 0.25) is 0 Å². The van der Waals surface area contributed by atoms with Gasteiger partial charge in [-0.05, 0) is 50.9 Å². The third-order valence-electron chi connectivity index (χ3n) is 5.34. The van der Waals surface area contributed by atoms with Gasteiger partial charge in [0, 0.05) is 19.1 Å². The van der Waals surface area contributed by atoms with Crippen molar-refractivity contribution < 1.29 is 4.79 Å². The van der Waals surface area contributed by atoms with Crippen molar-refractivity contribution in [1.29, 1.82) is 0 Å². The lowest BCUT2D eigenvalue weighted by Crippen LogP contribution is -2.40. The zero-order chi connectivity index (χ0) is 15.2. The van der Waals surface area contributed by atoms with E-state index in [0.717, 1.165) is 25.9 Å². The van der Waals surface area contributed by atoms with Gasteiger partial charge >= 0.3 is 0 Å². The van der Waals surface area contributed by atoms with Crippen LogP contribution in [-0.4, -0.2) is 48.9 Å². The number of nitrogens with zero attached hydrogens (tertiary/aromatic N) is 2. The van der Waals surface area contributed by atoms with E-state index < -0.39 is 0 Å². The lowest BCUT2D eigenvalue weighted by atomic mass is 9.90. The van der Waals surface area contributed by atoms with E-state index in [4.69, 9.17) is 0 Å². The molecule has 2 aliphatic rings. The van der Waals surface area contributed by atoms with Gasteiger partial charge in [0.1, 0.15) is 0 Å². The summed E-state index contributed by atoms with van der Waals surface area (Å²) in [5.41, 5.74) is 2.28. The smallest absolute Gasteiger partial charge is 0.233 e. The van der Waals surface area contributed by atoms with Crippen molar-refractivity contribution in [3.63, 3.8) is 0 Å². The first-order valence-electron chi connectivity index (χ1n) is 7.97. The number of aryl methyl sites for hydroxylation is 1. The highest BCUT2D eigenvalue weighted by molar-refractivity contribution is 5.92. The molecule has 1 heterocycles. The number of carbonyl (C=O) groups excluding carboxylic acids is 1. The summed E-state index contributed by atoms with van der Waals surface area (Å²) >= 11 is 0. The maximum Gasteiger partial charge on any atom is 0.233 e. The molecule has 0 radical (unpaired) electrons. The molecule has 3 heteroatoms. The monoisotopic (exact) mass is 286 g/mol.